The second kappa shape index (κ2) is 4.52. The Morgan fingerprint density at radius 1 is 1.06 bits per heavy atom. The zero-order chi connectivity index (χ0) is 11.9. The molecule has 3 fully saturated rings. The third-order valence-electron chi connectivity index (χ3n) is 5.57. The van der Waals surface area contributed by atoms with Crippen LogP contribution >= 0.6 is 0 Å². The molecule has 0 aromatic rings. The largest absolute Gasteiger partial charge is 0.314 e. The van der Waals surface area contributed by atoms with Crippen LogP contribution in [0.4, 0.5) is 0 Å². The number of rotatable bonds is 2. The number of nitrogens with zero attached hydrogens (tertiary/aromatic N) is 2. The normalized spacial score (nSPS) is 41.6. The van der Waals surface area contributed by atoms with E-state index >= 15 is 0 Å². The Kier molecular flexibility index (Phi) is 3.18. The van der Waals surface area contributed by atoms with Gasteiger partial charge in [0.25, 0.3) is 0 Å². The number of nitrogens with one attached hydrogen (secondary N) is 1. The molecular formula is C14H27N3. The first-order valence-electron chi connectivity index (χ1n) is 7.35. The summed E-state index contributed by atoms with van der Waals surface area (Å²) in [5.74, 6) is 0.975. The van der Waals surface area contributed by atoms with E-state index in [4.69, 9.17) is 0 Å². The predicted octanol–water partition coefficient (Wildman–Crippen LogP) is 1.15. The van der Waals surface area contributed by atoms with Gasteiger partial charge in [-0.05, 0) is 58.7 Å². The Balaban J connectivity index is 1.59. The zero-order valence-corrected chi connectivity index (χ0v) is 11.4. The number of piperidine rings is 2. The molecular weight excluding hydrogens is 210 g/mol. The van der Waals surface area contributed by atoms with Crippen LogP contribution in [-0.4, -0.2) is 61.2 Å². The van der Waals surface area contributed by atoms with Crippen LogP contribution in [0, 0.1) is 5.92 Å². The van der Waals surface area contributed by atoms with E-state index in [0.29, 0.717) is 5.54 Å². The molecule has 0 radical (unpaired) electrons. The summed E-state index contributed by atoms with van der Waals surface area (Å²) in [6.45, 7) is 9.08. The molecule has 2 bridgehead atoms. The molecule has 3 atom stereocenters. The molecule has 1 N–H and O–H groups in total. The lowest BCUT2D eigenvalue weighted by molar-refractivity contribution is 0.0567. The van der Waals surface area contributed by atoms with Gasteiger partial charge in [0.15, 0.2) is 0 Å². The quantitative estimate of drug-likeness (QED) is 0.777. The second-order valence-electron chi connectivity index (χ2n) is 6.55. The fourth-order valence-corrected chi connectivity index (χ4v) is 4.01. The first kappa shape index (κ1) is 11.9. The van der Waals surface area contributed by atoms with E-state index < -0.39 is 0 Å². The highest BCUT2D eigenvalue weighted by Crippen LogP contribution is 2.33. The van der Waals surface area contributed by atoms with Crippen molar-refractivity contribution in [1.82, 2.24) is 15.1 Å². The fraction of sp³-hybridized carbons (Fsp3) is 1.00. The van der Waals surface area contributed by atoms with Crippen molar-refractivity contribution < 1.29 is 0 Å². The molecule has 3 heterocycles. The minimum atomic E-state index is 0.396. The third-order valence-corrected chi connectivity index (χ3v) is 5.57. The molecule has 0 aromatic heterocycles. The van der Waals surface area contributed by atoms with Gasteiger partial charge >= 0.3 is 0 Å². The van der Waals surface area contributed by atoms with E-state index in [1.54, 1.807) is 0 Å². The third kappa shape index (κ3) is 2.25. The first-order chi connectivity index (χ1) is 8.20. The van der Waals surface area contributed by atoms with Crippen molar-refractivity contribution in [1.29, 1.82) is 0 Å². The van der Waals surface area contributed by atoms with Crippen LogP contribution in [0.3, 0.4) is 0 Å². The van der Waals surface area contributed by atoms with Crippen molar-refractivity contribution in [2.24, 2.45) is 5.92 Å². The standard InChI is InChI=1S/C14H27N3/c1-14(15-2)5-9-17(10-6-14)13-4-8-16-7-3-12(13)11-16/h12-13,15H,3-11H2,1-2H3. The maximum atomic E-state index is 3.50. The van der Waals surface area contributed by atoms with Crippen molar-refractivity contribution >= 4 is 0 Å². The van der Waals surface area contributed by atoms with Gasteiger partial charge in [-0.1, -0.05) is 0 Å². The number of likely N-dealkylation sites (tertiary alicyclic amines) is 1. The molecule has 3 saturated heterocycles. The minimum absolute atomic E-state index is 0.396. The van der Waals surface area contributed by atoms with Crippen LogP contribution in [0.25, 0.3) is 0 Å². The summed E-state index contributed by atoms with van der Waals surface area (Å²) >= 11 is 0. The lowest BCUT2D eigenvalue weighted by atomic mass is 9.86. The summed E-state index contributed by atoms with van der Waals surface area (Å²) < 4.78 is 0. The fourth-order valence-electron chi connectivity index (χ4n) is 4.01. The van der Waals surface area contributed by atoms with Crippen LogP contribution < -0.4 is 5.32 Å². The smallest absolute Gasteiger partial charge is 0.0174 e. The molecule has 3 unspecified atom stereocenters. The van der Waals surface area contributed by atoms with Gasteiger partial charge in [0.05, 0.1) is 0 Å². The Bertz CT molecular complexity index is 271. The number of hydrogen-bond acceptors (Lipinski definition) is 3. The SMILES string of the molecule is CNC1(C)CCN(C2CCN3CCC2C3)CC1. The topological polar surface area (TPSA) is 18.5 Å². The predicted molar refractivity (Wildman–Crippen MR) is 71.2 cm³/mol. The number of fused-ring (bicyclic) bond motifs is 2. The molecule has 0 saturated carbocycles. The van der Waals surface area contributed by atoms with Crippen LogP contribution in [0.5, 0.6) is 0 Å². The maximum absolute atomic E-state index is 3.50. The Morgan fingerprint density at radius 3 is 2.47 bits per heavy atom. The highest BCUT2D eigenvalue weighted by molar-refractivity contribution is 4.96. The Morgan fingerprint density at radius 2 is 1.76 bits per heavy atom. The minimum Gasteiger partial charge on any atom is -0.314 e. The monoisotopic (exact) mass is 237 g/mol. The van der Waals surface area contributed by atoms with Gasteiger partial charge in [-0.25, -0.2) is 0 Å². The second-order valence-corrected chi connectivity index (χ2v) is 6.55. The summed E-state index contributed by atoms with van der Waals surface area (Å²) in [5, 5.41) is 3.50. The van der Waals surface area contributed by atoms with Crippen molar-refractivity contribution in [3.8, 4) is 0 Å². The van der Waals surface area contributed by atoms with Crippen molar-refractivity contribution in [3.05, 3.63) is 0 Å². The van der Waals surface area contributed by atoms with Crippen molar-refractivity contribution in [2.75, 3.05) is 39.8 Å². The highest BCUT2D eigenvalue weighted by Gasteiger charge is 2.39. The van der Waals surface area contributed by atoms with Gasteiger partial charge in [-0.3, -0.25) is 4.90 Å². The van der Waals surface area contributed by atoms with Crippen LogP contribution in [-0.2, 0) is 0 Å². The maximum Gasteiger partial charge on any atom is 0.0174 e. The molecule has 0 amide bonds. The van der Waals surface area contributed by atoms with Gasteiger partial charge in [0.1, 0.15) is 0 Å². The van der Waals surface area contributed by atoms with Gasteiger partial charge < -0.3 is 10.2 Å². The van der Waals surface area contributed by atoms with Crippen molar-refractivity contribution in [3.63, 3.8) is 0 Å². The van der Waals surface area contributed by atoms with E-state index in [1.807, 2.05) is 0 Å². The van der Waals surface area contributed by atoms with Crippen LogP contribution in [0.2, 0.25) is 0 Å². The van der Waals surface area contributed by atoms with E-state index in [1.165, 1.54) is 58.4 Å². The van der Waals surface area contributed by atoms with E-state index in [2.05, 4.69) is 29.1 Å². The molecule has 3 nitrogen and oxygen atoms in total. The van der Waals surface area contributed by atoms with Gasteiger partial charge in [-0.2, -0.15) is 0 Å². The van der Waals surface area contributed by atoms with Gasteiger partial charge in [-0.15, -0.1) is 0 Å². The average Bonchev–Trinajstić information content (AvgIpc) is 2.73. The molecule has 3 rings (SSSR count). The molecule has 3 heteroatoms. The molecule has 0 aliphatic carbocycles. The summed E-state index contributed by atoms with van der Waals surface area (Å²) in [6.07, 6.45) is 5.50. The Labute approximate surface area is 106 Å². The Hall–Kier alpha value is -0.120. The first-order valence-corrected chi connectivity index (χ1v) is 7.35. The molecule has 3 aliphatic heterocycles. The lowest BCUT2D eigenvalue weighted by Gasteiger charge is -2.45. The molecule has 98 valence electrons. The van der Waals surface area contributed by atoms with Gasteiger partial charge in [0.2, 0.25) is 0 Å². The molecule has 0 aromatic carbocycles. The van der Waals surface area contributed by atoms with E-state index in [0.717, 1.165) is 12.0 Å². The molecule has 17 heavy (non-hydrogen) atoms. The lowest BCUT2D eigenvalue weighted by Crippen LogP contribution is -2.55. The zero-order valence-electron chi connectivity index (χ0n) is 11.4. The summed E-state index contributed by atoms with van der Waals surface area (Å²) in [4.78, 5) is 5.45. The molecule has 0 spiro atoms. The van der Waals surface area contributed by atoms with E-state index in [-0.39, 0.29) is 0 Å². The number of hydrogen-bond donors (Lipinski definition) is 1. The van der Waals surface area contributed by atoms with Gasteiger partial charge in [0, 0.05) is 31.2 Å². The highest BCUT2D eigenvalue weighted by atomic mass is 15.2. The summed E-state index contributed by atoms with van der Waals surface area (Å²) in [6, 6.07) is 0.898. The average molecular weight is 237 g/mol. The summed E-state index contributed by atoms with van der Waals surface area (Å²) in [5.41, 5.74) is 0.396. The molecule has 3 aliphatic rings. The van der Waals surface area contributed by atoms with Crippen LogP contribution in [0.15, 0.2) is 0 Å². The van der Waals surface area contributed by atoms with E-state index in [9.17, 15) is 0 Å². The van der Waals surface area contributed by atoms with Crippen LogP contribution in [0.1, 0.15) is 32.6 Å². The van der Waals surface area contributed by atoms with Crippen molar-refractivity contribution in [2.45, 2.75) is 44.2 Å². The summed E-state index contributed by atoms with van der Waals surface area (Å²) in [7, 11) is 2.12.